The fourth-order valence-corrected chi connectivity index (χ4v) is 2.76. The molecule has 0 heterocycles. The quantitative estimate of drug-likeness (QED) is 0.789. The van der Waals surface area contributed by atoms with E-state index in [9.17, 15) is 5.11 Å². The Labute approximate surface area is 113 Å². The molecule has 0 spiro atoms. The van der Waals surface area contributed by atoms with E-state index < -0.39 is 0 Å². The SMILES string of the molecule is O[C@H](CCSCc1ccccc1)c1ccccc1. The first kappa shape index (κ1) is 13.2. The minimum Gasteiger partial charge on any atom is -0.388 e. The van der Waals surface area contributed by atoms with Gasteiger partial charge < -0.3 is 5.11 Å². The van der Waals surface area contributed by atoms with Crippen LogP contribution < -0.4 is 0 Å². The van der Waals surface area contributed by atoms with Crippen molar-refractivity contribution in [2.45, 2.75) is 18.3 Å². The summed E-state index contributed by atoms with van der Waals surface area (Å²) in [6, 6.07) is 20.3. The highest BCUT2D eigenvalue weighted by atomic mass is 32.2. The second-order valence-corrected chi connectivity index (χ2v) is 5.36. The zero-order valence-corrected chi connectivity index (χ0v) is 11.1. The molecule has 0 radical (unpaired) electrons. The van der Waals surface area contributed by atoms with Crippen LogP contribution in [0.5, 0.6) is 0 Å². The predicted octanol–water partition coefficient (Wildman–Crippen LogP) is 4.04. The molecule has 94 valence electrons. The van der Waals surface area contributed by atoms with E-state index in [2.05, 4.69) is 24.3 Å². The normalized spacial score (nSPS) is 12.3. The highest BCUT2D eigenvalue weighted by molar-refractivity contribution is 7.98. The fourth-order valence-electron chi connectivity index (χ4n) is 1.80. The van der Waals surface area contributed by atoms with E-state index in [1.54, 1.807) is 0 Å². The van der Waals surface area contributed by atoms with E-state index in [-0.39, 0.29) is 6.10 Å². The van der Waals surface area contributed by atoms with Gasteiger partial charge in [-0.1, -0.05) is 60.7 Å². The van der Waals surface area contributed by atoms with Crippen LogP contribution in [0.4, 0.5) is 0 Å². The van der Waals surface area contributed by atoms with Gasteiger partial charge in [-0.3, -0.25) is 0 Å². The highest BCUT2D eigenvalue weighted by Crippen LogP contribution is 2.20. The van der Waals surface area contributed by atoms with E-state index in [1.165, 1.54) is 5.56 Å². The lowest BCUT2D eigenvalue weighted by atomic mass is 10.1. The molecule has 0 saturated carbocycles. The van der Waals surface area contributed by atoms with E-state index in [4.69, 9.17) is 0 Å². The number of aliphatic hydroxyl groups excluding tert-OH is 1. The summed E-state index contributed by atoms with van der Waals surface area (Å²) in [6.07, 6.45) is 0.469. The minimum absolute atomic E-state index is 0.338. The number of aliphatic hydroxyl groups is 1. The molecule has 0 aliphatic carbocycles. The van der Waals surface area contributed by atoms with Crippen molar-refractivity contribution in [1.29, 1.82) is 0 Å². The Morgan fingerprint density at radius 1 is 0.889 bits per heavy atom. The van der Waals surface area contributed by atoms with Crippen LogP contribution in [0.15, 0.2) is 60.7 Å². The molecular weight excluding hydrogens is 240 g/mol. The Bertz CT molecular complexity index is 441. The molecule has 0 bridgehead atoms. The van der Waals surface area contributed by atoms with Crippen LogP contribution in [0, 0.1) is 0 Å². The van der Waals surface area contributed by atoms with E-state index in [0.717, 1.165) is 23.5 Å². The average Bonchev–Trinajstić information content (AvgIpc) is 2.45. The number of hydrogen-bond acceptors (Lipinski definition) is 2. The fraction of sp³-hybridized carbons (Fsp3) is 0.250. The van der Waals surface area contributed by atoms with Crippen LogP contribution in [0.2, 0.25) is 0 Å². The second kappa shape index (κ2) is 7.24. The predicted molar refractivity (Wildman–Crippen MR) is 78.6 cm³/mol. The molecule has 1 N–H and O–H groups in total. The Kier molecular flexibility index (Phi) is 5.31. The van der Waals surface area contributed by atoms with Crippen molar-refractivity contribution in [2.75, 3.05) is 5.75 Å². The maximum Gasteiger partial charge on any atom is 0.0797 e. The summed E-state index contributed by atoms with van der Waals surface area (Å²) in [5, 5.41) is 10.0. The van der Waals surface area contributed by atoms with Crippen molar-refractivity contribution in [2.24, 2.45) is 0 Å². The summed E-state index contributed by atoms with van der Waals surface area (Å²) >= 11 is 1.87. The summed E-state index contributed by atoms with van der Waals surface area (Å²) in [7, 11) is 0. The molecule has 0 amide bonds. The summed E-state index contributed by atoms with van der Waals surface area (Å²) in [6.45, 7) is 0. The van der Waals surface area contributed by atoms with Gasteiger partial charge in [-0.15, -0.1) is 0 Å². The first-order chi connectivity index (χ1) is 8.86. The standard InChI is InChI=1S/C16H18OS/c17-16(15-9-5-2-6-10-15)11-12-18-13-14-7-3-1-4-8-14/h1-10,16-17H,11-13H2/t16-/m1/s1. The number of thioether (sulfide) groups is 1. The Morgan fingerprint density at radius 3 is 2.17 bits per heavy atom. The lowest BCUT2D eigenvalue weighted by molar-refractivity contribution is 0.175. The van der Waals surface area contributed by atoms with Gasteiger partial charge >= 0.3 is 0 Å². The summed E-state index contributed by atoms with van der Waals surface area (Å²) in [4.78, 5) is 0. The summed E-state index contributed by atoms with van der Waals surface area (Å²) < 4.78 is 0. The Morgan fingerprint density at radius 2 is 1.50 bits per heavy atom. The van der Waals surface area contributed by atoms with Gasteiger partial charge in [-0.25, -0.2) is 0 Å². The van der Waals surface area contributed by atoms with Crippen LogP contribution in [0.3, 0.4) is 0 Å². The van der Waals surface area contributed by atoms with Gasteiger partial charge in [0, 0.05) is 5.75 Å². The largest absolute Gasteiger partial charge is 0.388 e. The molecule has 1 atom stereocenters. The van der Waals surface area contributed by atoms with Gasteiger partial charge in [-0.05, 0) is 23.3 Å². The monoisotopic (exact) mass is 258 g/mol. The van der Waals surface area contributed by atoms with Crippen molar-refractivity contribution < 1.29 is 5.11 Å². The Hall–Kier alpha value is -1.25. The smallest absolute Gasteiger partial charge is 0.0797 e. The van der Waals surface area contributed by atoms with E-state index in [0.29, 0.717) is 0 Å². The Balaban J connectivity index is 1.70. The number of rotatable bonds is 6. The average molecular weight is 258 g/mol. The van der Waals surface area contributed by atoms with Gasteiger partial charge in [0.2, 0.25) is 0 Å². The van der Waals surface area contributed by atoms with Gasteiger partial charge in [0.15, 0.2) is 0 Å². The van der Waals surface area contributed by atoms with Crippen molar-refractivity contribution in [3.05, 3.63) is 71.8 Å². The number of benzene rings is 2. The van der Waals surface area contributed by atoms with Crippen molar-refractivity contribution >= 4 is 11.8 Å². The van der Waals surface area contributed by atoms with Crippen molar-refractivity contribution in [3.63, 3.8) is 0 Å². The minimum atomic E-state index is -0.338. The molecule has 0 fully saturated rings. The molecule has 18 heavy (non-hydrogen) atoms. The molecule has 2 rings (SSSR count). The van der Waals surface area contributed by atoms with Gasteiger partial charge in [0.25, 0.3) is 0 Å². The maximum atomic E-state index is 10.0. The molecule has 2 aromatic carbocycles. The molecule has 0 aliphatic heterocycles. The summed E-state index contributed by atoms with van der Waals surface area (Å²) in [5.74, 6) is 1.99. The van der Waals surface area contributed by atoms with Gasteiger partial charge in [0.05, 0.1) is 6.10 Å². The van der Waals surface area contributed by atoms with E-state index >= 15 is 0 Å². The lowest BCUT2D eigenvalue weighted by Gasteiger charge is -2.10. The third-order valence-corrected chi connectivity index (χ3v) is 3.89. The first-order valence-corrected chi connectivity index (χ1v) is 7.36. The third-order valence-electron chi connectivity index (χ3n) is 2.83. The lowest BCUT2D eigenvalue weighted by Crippen LogP contribution is -1.98. The topological polar surface area (TPSA) is 20.2 Å². The molecule has 2 heteroatoms. The van der Waals surface area contributed by atoms with Crippen LogP contribution in [0.25, 0.3) is 0 Å². The zero-order chi connectivity index (χ0) is 12.6. The van der Waals surface area contributed by atoms with Gasteiger partial charge in [-0.2, -0.15) is 11.8 Å². The van der Waals surface area contributed by atoms with Gasteiger partial charge in [0.1, 0.15) is 0 Å². The highest BCUT2D eigenvalue weighted by Gasteiger charge is 2.06. The van der Waals surface area contributed by atoms with Crippen LogP contribution in [0.1, 0.15) is 23.7 Å². The molecule has 0 unspecified atom stereocenters. The van der Waals surface area contributed by atoms with Crippen LogP contribution >= 0.6 is 11.8 Å². The molecule has 0 saturated heterocycles. The summed E-state index contributed by atoms with van der Waals surface area (Å²) in [5.41, 5.74) is 2.36. The molecule has 0 aromatic heterocycles. The molecular formula is C16H18OS. The maximum absolute atomic E-state index is 10.0. The molecule has 1 nitrogen and oxygen atoms in total. The molecule has 2 aromatic rings. The van der Waals surface area contributed by atoms with E-state index in [1.807, 2.05) is 48.2 Å². The third kappa shape index (κ3) is 4.21. The zero-order valence-electron chi connectivity index (χ0n) is 10.3. The number of hydrogen-bond donors (Lipinski definition) is 1. The van der Waals surface area contributed by atoms with Crippen molar-refractivity contribution in [3.8, 4) is 0 Å². The van der Waals surface area contributed by atoms with Crippen molar-refractivity contribution in [1.82, 2.24) is 0 Å². The first-order valence-electron chi connectivity index (χ1n) is 6.21. The van der Waals surface area contributed by atoms with Crippen LogP contribution in [-0.2, 0) is 5.75 Å². The second-order valence-electron chi connectivity index (χ2n) is 4.25. The van der Waals surface area contributed by atoms with Crippen LogP contribution in [-0.4, -0.2) is 10.9 Å². The molecule has 0 aliphatic rings.